The molecule has 0 saturated carbocycles. The summed E-state index contributed by atoms with van der Waals surface area (Å²) in [6.45, 7) is 8.57. The quantitative estimate of drug-likeness (QED) is 0.773. The van der Waals surface area contributed by atoms with Gasteiger partial charge in [0.05, 0.1) is 12.3 Å². The van der Waals surface area contributed by atoms with Crippen LogP contribution in [0, 0.1) is 0 Å². The van der Waals surface area contributed by atoms with Crippen molar-refractivity contribution in [1.82, 2.24) is 4.57 Å². The van der Waals surface area contributed by atoms with Crippen LogP contribution in [0.3, 0.4) is 0 Å². The summed E-state index contributed by atoms with van der Waals surface area (Å²) in [7, 11) is 1.74. The summed E-state index contributed by atoms with van der Waals surface area (Å²) in [5.41, 5.74) is 4.07. The molecule has 1 heterocycles. The molecule has 23 heavy (non-hydrogen) atoms. The summed E-state index contributed by atoms with van der Waals surface area (Å²) in [5.74, 6) is 0.752. The molecule has 0 saturated heterocycles. The summed E-state index contributed by atoms with van der Waals surface area (Å²) in [6.07, 6.45) is 3.65. The van der Waals surface area contributed by atoms with Crippen molar-refractivity contribution in [3.05, 3.63) is 46.4 Å². The molecule has 4 heteroatoms. The number of aliphatic imine (C=N–C) groups is 1. The number of pyridine rings is 1. The lowest BCUT2D eigenvalue weighted by atomic mass is 9.96. The highest BCUT2D eigenvalue weighted by molar-refractivity contribution is 5.70. The van der Waals surface area contributed by atoms with E-state index >= 15 is 0 Å². The fourth-order valence-electron chi connectivity index (χ4n) is 2.55. The minimum Gasteiger partial charge on any atom is -0.488 e. The van der Waals surface area contributed by atoms with Crippen LogP contribution in [0.2, 0.25) is 0 Å². The molecule has 0 N–H and O–H groups in total. The van der Waals surface area contributed by atoms with Crippen molar-refractivity contribution in [3.8, 4) is 16.9 Å². The van der Waals surface area contributed by atoms with Gasteiger partial charge in [-0.3, -0.25) is 9.79 Å². The highest BCUT2D eigenvalue weighted by Gasteiger charge is 2.11. The van der Waals surface area contributed by atoms with E-state index in [9.17, 15) is 4.79 Å². The lowest BCUT2D eigenvalue weighted by Gasteiger charge is -2.13. The molecule has 0 atom stereocenters. The lowest BCUT2D eigenvalue weighted by molar-refractivity contribution is 0.333. The number of benzene rings is 1. The predicted octanol–water partition coefficient (Wildman–Crippen LogP) is 4.30. The van der Waals surface area contributed by atoms with Crippen LogP contribution >= 0.6 is 0 Å². The van der Waals surface area contributed by atoms with Gasteiger partial charge in [-0.05, 0) is 49.1 Å². The highest BCUT2D eigenvalue weighted by Crippen LogP contribution is 2.32. The Bertz CT molecular complexity index is 773. The smallest absolute Gasteiger partial charge is 0.292 e. The Labute approximate surface area is 137 Å². The molecule has 0 aliphatic carbocycles. The van der Waals surface area contributed by atoms with Crippen LogP contribution in [0.1, 0.15) is 39.2 Å². The third-order valence-corrected chi connectivity index (χ3v) is 3.70. The van der Waals surface area contributed by atoms with E-state index < -0.39 is 0 Å². The van der Waals surface area contributed by atoms with Gasteiger partial charge in [0.15, 0.2) is 5.75 Å². The Morgan fingerprint density at radius 1 is 1.26 bits per heavy atom. The second-order valence-electron chi connectivity index (χ2n) is 5.76. The van der Waals surface area contributed by atoms with Crippen LogP contribution in [0.25, 0.3) is 11.1 Å². The van der Waals surface area contributed by atoms with Crippen molar-refractivity contribution < 1.29 is 4.74 Å². The molecule has 0 fully saturated rings. The Morgan fingerprint density at radius 2 is 2.00 bits per heavy atom. The molecule has 1 aromatic heterocycles. The van der Waals surface area contributed by atoms with Gasteiger partial charge in [-0.15, -0.1) is 0 Å². The van der Waals surface area contributed by atoms with Crippen molar-refractivity contribution in [3.63, 3.8) is 0 Å². The molecule has 2 aromatic rings. The molecule has 0 bridgehead atoms. The Kier molecular flexibility index (Phi) is 5.37. The molecule has 0 spiro atoms. The third kappa shape index (κ3) is 3.70. The van der Waals surface area contributed by atoms with Crippen LogP contribution in [0.5, 0.6) is 5.75 Å². The number of ether oxygens (including phenoxy) is 1. The summed E-state index contributed by atoms with van der Waals surface area (Å²) in [5, 5.41) is 0. The number of rotatable bonds is 5. The fourth-order valence-corrected chi connectivity index (χ4v) is 2.55. The monoisotopic (exact) mass is 312 g/mol. The van der Waals surface area contributed by atoms with Crippen LogP contribution in [-0.2, 0) is 7.05 Å². The molecule has 1 aromatic carbocycles. The normalized spacial score (nSPS) is 11.4. The first kappa shape index (κ1) is 17.0. The first-order chi connectivity index (χ1) is 11.0. The summed E-state index contributed by atoms with van der Waals surface area (Å²) >= 11 is 0. The van der Waals surface area contributed by atoms with Gasteiger partial charge in [-0.1, -0.05) is 19.9 Å². The average Bonchev–Trinajstić information content (AvgIpc) is 2.52. The molecule has 4 nitrogen and oxygen atoms in total. The summed E-state index contributed by atoms with van der Waals surface area (Å²) in [4.78, 5) is 16.5. The van der Waals surface area contributed by atoms with E-state index in [0.29, 0.717) is 18.3 Å². The van der Waals surface area contributed by atoms with Crippen LogP contribution in [-0.4, -0.2) is 17.4 Å². The first-order valence-corrected chi connectivity index (χ1v) is 7.94. The van der Waals surface area contributed by atoms with Crippen molar-refractivity contribution in [2.75, 3.05) is 6.61 Å². The number of aryl methyl sites for hydroxylation is 1. The Hall–Kier alpha value is -2.36. The SMILES string of the molecule is CC=Nc1ccc(-c2cc(OCC)c(=O)n(C)c2)cc1C(C)C. The van der Waals surface area contributed by atoms with E-state index in [1.54, 1.807) is 17.8 Å². The van der Waals surface area contributed by atoms with Gasteiger partial charge in [0.2, 0.25) is 0 Å². The third-order valence-electron chi connectivity index (χ3n) is 3.70. The zero-order valence-electron chi connectivity index (χ0n) is 14.5. The molecule has 0 aliphatic rings. The minimum absolute atomic E-state index is 0.119. The number of nitrogens with zero attached hydrogens (tertiary/aromatic N) is 2. The maximum atomic E-state index is 12.1. The molecule has 0 unspecified atom stereocenters. The number of hydrogen-bond donors (Lipinski definition) is 0. The minimum atomic E-state index is -0.119. The van der Waals surface area contributed by atoms with Gasteiger partial charge in [0.25, 0.3) is 5.56 Å². The van der Waals surface area contributed by atoms with E-state index in [0.717, 1.165) is 16.8 Å². The van der Waals surface area contributed by atoms with Gasteiger partial charge < -0.3 is 9.30 Å². The largest absolute Gasteiger partial charge is 0.488 e. The highest BCUT2D eigenvalue weighted by atomic mass is 16.5. The molecular formula is C19H24N2O2. The Morgan fingerprint density at radius 3 is 2.61 bits per heavy atom. The number of aromatic nitrogens is 1. The van der Waals surface area contributed by atoms with Crippen LogP contribution in [0.15, 0.2) is 40.2 Å². The summed E-state index contributed by atoms with van der Waals surface area (Å²) in [6, 6.07) is 8.01. The first-order valence-electron chi connectivity index (χ1n) is 7.94. The van der Waals surface area contributed by atoms with Crippen molar-refractivity contribution >= 4 is 11.9 Å². The summed E-state index contributed by atoms with van der Waals surface area (Å²) < 4.78 is 7.03. The standard InChI is InChI=1S/C19H24N2O2/c1-6-20-17-9-8-14(10-16(17)13(3)4)15-11-18(23-7-2)19(22)21(5)12-15/h6,8-13H,7H2,1-5H3. The van der Waals surface area contributed by atoms with Crippen molar-refractivity contribution in [1.29, 1.82) is 0 Å². The van der Waals surface area contributed by atoms with Crippen molar-refractivity contribution in [2.45, 2.75) is 33.6 Å². The van der Waals surface area contributed by atoms with E-state index in [4.69, 9.17) is 4.74 Å². The van der Waals surface area contributed by atoms with Gasteiger partial charge >= 0.3 is 0 Å². The topological polar surface area (TPSA) is 43.6 Å². The van der Waals surface area contributed by atoms with E-state index in [1.165, 1.54) is 5.56 Å². The zero-order valence-corrected chi connectivity index (χ0v) is 14.5. The van der Waals surface area contributed by atoms with Gasteiger partial charge in [-0.2, -0.15) is 0 Å². The zero-order chi connectivity index (χ0) is 17.0. The second kappa shape index (κ2) is 7.27. The van der Waals surface area contributed by atoms with E-state index in [1.807, 2.05) is 38.2 Å². The van der Waals surface area contributed by atoms with Gasteiger partial charge in [-0.25, -0.2) is 0 Å². The number of hydrogen-bond acceptors (Lipinski definition) is 3. The molecule has 2 rings (SSSR count). The molecule has 0 aliphatic heterocycles. The van der Waals surface area contributed by atoms with E-state index in [2.05, 4.69) is 24.9 Å². The van der Waals surface area contributed by atoms with Crippen LogP contribution < -0.4 is 10.3 Å². The molecule has 0 amide bonds. The second-order valence-corrected chi connectivity index (χ2v) is 5.76. The molecule has 122 valence electrons. The van der Waals surface area contributed by atoms with Gasteiger partial charge in [0.1, 0.15) is 0 Å². The lowest BCUT2D eigenvalue weighted by Crippen LogP contribution is -2.18. The maximum absolute atomic E-state index is 12.1. The Balaban J connectivity index is 2.58. The van der Waals surface area contributed by atoms with E-state index in [-0.39, 0.29) is 5.56 Å². The molecule has 0 radical (unpaired) electrons. The molecular weight excluding hydrogens is 288 g/mol. The van der Waals surface area contributed by atoms with Crippen LogP contribution in [0.4, 0.5) is 5.69 Å². The maximum Gasteiger partial charge on any atom is 0.292 e. The predicted molar refractivity (Wildman–Crippen MR) is 96.2 cm³/mol. The average molecular weight is 312 g/mol. The fraction of sp³-hybridized carbons (Fsp3) is 0.368. The van der Waals surface area contributed by atoms with Crippen molar-refractivity contribution in [2.24, 2.45) is 12.0 Å². The van der Waals surface area contributed by atoms with Gasteiger partial charge in [0, 0.05) is 25.0 Å².